The van der Waals surface area contributed by atoms with Crippen LogP contribution in [-0.2, 0) is 0 Å². The Morgan fingerprint density at radius 2 is 1.89 bits per heavy atom. The Balaban J connectivity index is 2.25. The number of thiophene rings is 1. The van der Waals surface area contributed by atoms with E-state index >= 15 is 0 Å². The number of hydrogen-bond donors (Lipinski definition) is 0. The molecular formula is C16H18OS. The van der Waals surface area contributed by atoms with Crippen molar-refractivity contribution in [1.29, 1.82) is 0 Å². The molecule has 0 aliphatic heterocycles. The van der Waals surface area contributed by atoms with Crippen molar-refractivity contribution in [3.63, 3.8) is 0 Å². The first-order chi connectivity index (χ1) is 8.63. The lowest BCUT2D eigenvalue weighted by molar-refractivity contribution is 0.103. The van der Waals surface area contributed by atoms with E-state index in [9.17, 15) is 4.79 Å². The van der Waals surface area contributed by atoms with E-state index in [1.165, 1.54) is 5.56 Å². The van der Waals surface area contributed by atoms with Gasteiger partial charge in [0.25, 0.3) is 0 Å². The summed E-state index contributed by atoms with van der Waals surface area (Å²) in [6.07, 6.45) is 1.12. The van der Waals surface area contributed by atoms with Crippen LogP contribution in [0.25, 0.3) is 0 Å². The summed E-state index contributed by atoms with van der Waals surface area (Å²) in [6, 6.07) is 8.04. The lowest BCUT2D eigenvalue weighted by atomic mass is 9.95. The number of benzene rings is 1. The SMILES string of the molecule is CCC(C)c1ccc(C(=O)c2cscc2C)cc1. The van der Waals surface area contributed by atoms with Gasteiger partial charge in [0.1, 0.15) is 0 Å². The van der Waals surface area contributed by atoms with E-state index in [1.807, 2.05) is 29.8 Å². The Morgan fingerprint density at radius 3 is 2.39 bits per heavy atom. The maximum absolute atomic E-state index is 12.3. The Hall–Kier alpha value is -1.41. The van der Waals surface area contributed by atoms with Gasteiger partial charge in [0.05, 0.1) is 0 Å². The van der Waals surface area contributed by atoms with Gasteiger partial charge < -0.3 is 0 Å². The largest absolute Gasteiger partial charge is 0.289 e. The zero-order chi connectivity index (χ0) is 13.1. The topological polar surface area (TPSA) is 17.1 Å². The summed E-state index contributed by atoms with van der Waals surface area (Å²) in [7, 11) is 0. The molecule has 1 heterocycles. The monoisotopic (exact) mass is 258 g/mol. The molecule has 1 atom stereocenters. The second kappa shape index (κ2) is 5.49. The highest BCUT2D eigenvalue weighted by Gasteiger charge is 2.12. The van der Waals surface area contributed by atoms with E-state index in [-0.39, 0.29) is 5.78 Å². The first-order valence-corrected chi connectivity index (χ1v) is 7.25. The summed E-state index contributed by atoms with van der Waals surface area (Å²) < 4.78 is 0. The molecule has 0 spiro atoms. The van der Waals surface area contributed by atoms with Crippen molar-refractivity contribution >= 4 is 17.1 Å². The smallest absolute Gasteiger partial charge is 0.194 e. The Labute approximate surface area is 112 Å². The second-order valence-corrected chi connectivity index (χ2v) is 5.47. The van der Waals surface area contributed by atoms with Crippen LogP contribution >= 0.6 is 11.3 Å². The van der Waals surface area contributed by atoms with Crippen LogP contribution in [0.3, 0.4) is 0 Å². The molecule has 0 amide bonds. The maximum Gasteiger partial charge on any atom is 0.194 e. The molecule has 0 saturated carbocycles. The van der Waals surface area contributed by atoms with Crippen molar-refractivity contribution in [3.8, 4) is 0 Å². The summed E-state index contributed by atoms with van der Waals surface area (Å²) in [5.74, 6) is 0.682. The molecule has 2 aromatic rings. The summed E-state index contributed by atoms with van der Waals surface area (Å²) in [6.45, 7) is 6.37. The molecule has 0 radical (unpaired) electrons. The first kappa shape index (κ1) is 13.0. The third kappa shape index (κ3) is 2.54. The molecule has 1 aromatic carbocycles. The third-order valence-electron chi connectivity index (χ3n) is 3.45. The van der Waals surface area contributed by atoms with Crippen LogP contribution in [0.2, 0.25) is 0 Å². The molecule has 0 aliphatic carbocycles. The summed E-state index contributed by atoms with van der Waals surface area (Å²) in [4.78, 5) is 12.3. The molecule has 0 saturated heterocycles. The number of aryl methyl sites for hydroxylation is 1. The molecular weight excluding hydrogens is 240 g/mol. The number of ketones is 1. The summed E-state index contributed by atoms with van der Waals surface area (Å²) >= 11 is 1.58. The number of carbonyl (C=O) groups is 1. The van der Waals surface area contributed by atoms with Crippen LogP contribution in [0.1, 0.15) is 53.2 Å². The Kier molecular flexibility index (Phi) is 3.97. The van der Waals surface area contributed by atoms with Gasteiger partial charge in [-0.05, 0) is 35.8 Å². The molecule has 0 N–H and O–H groups in total. The van der Waals surface area contributed by atoms with Gasteiger partial charge in [0.2, 0.25) is 0 Å². The molecule has 1 aromatic heterocycles. The average molecular weight is 258 g/mol. The van der Waals surface area contributed by atoms with Gasteiger partial charge in [0, 0.05) is 16.5 Å². The molecule has 0 aliphatic rings. The summed E-state index contributed by atoms with van der Waals surface area (Å²) in [5, 5.41) is 3.95. The highest BCUT2D eigenvalue weighted by atomic mass is 32.1. The van der Waals surface area contributed by atoms with Gasteiger partial charge in [-0.3, -0.25) is 4.79 Å². The van der Waals surface area contributed by atoms with Crippen molar-refractivity contribution in [2.45, 2.75) is 33.1 Å². The fourth-order valence-corrected chi connectivity index (χ4v) is 2.78. The molecule has 1 nitrogen and oxygen atoms in total. The molecule has 0 fully saturated rings. The van der Waals surface area contributed by atoms with Crippen LogP contribution < -0.4 is 0 Å². The number of rotatable bonds is 4. The van der Waals surface area contributed by atoms with E-state index in [1.54, 1.807) is 11.3 Å². The zero-order valence-corrected chi connectivity index (χ0v) is 11.9. The zero-order valence-electron chi connectivity index (χ0n) is 11.1. The van der Waals surface area contributed by atoms with Crippen molar-refractivity contribution < 1.29 is 4.79 Å². The average Bonchev–Trinajstić information content (AvgIpc) is 2.83. The number of carbonyl (C=O) groups excluding carboxylic acids is 1. The fraction of sp³-hybridized carbons (Fsp3) is 0.312. The minimum atomic E-state index is 0.129. The number of hydrogen-bond acceptors (Lipinski definition) is 2. The fourth-order valence-electron chi connectivity index (χ4n) is 1.95. The summed E-state index contributed by atoms with van der Waals surface area (Å²) in [5.41, 5.74) is 3.98. The standard InChI is InChI=1S/C16H18OS/c1-4-11(2)13-5-7-14(8-6-13)16(17)15-10-18-9-12(15)3/h5-11H,4H2,1-3H3. The molecule has 94 valence electrons. The van der Waals surface area contributed by atoms with Crippen LogP contribution in [0.4, 0.5) is 0 Å². The van der Waals surface area contributed by atoms with Crippen LogP contribution in [0.15, 0.2) is 35.0 Å². The molecule has 1 unspecified atom stereocenters. The molecule has 2 heteroatoms. The lowest BCUT2D eigenvalue weighted by Crippen LogP contribution is -2.02. The van der Waals surface area contributed by atoms with Gasteiger partial charge in [0.15, 0.2) is 5.78 Å². The van der Waals surface area contributed by atoms with E-state index in [0.29, 0.717) is 5.92 Å². The molecule has 18 heavy (non-hydrogen) atoms. The van der Waals surface area contributed by atoms with Gasteiger partial charge in [-0.2, -0.15) is 11.3 Å². The predicted molar refractivity (Wildman–Crippen MR) is 77.6 cm³/mol. The van der Waals surface area contributed by atoms with Crippen molar-refractivity contribution in [2.24, 2.45) is 0 Å². The predicted octanol–water partition coefficient (Wildman–Crippen LogP) is 4.80. The van der Waals surface area contributed by atoms with Gasteiger partial charge in [-0.25, -0.2) is 0 Å². The third-order valence-corrected chi connectivity index (χ3v) is 4.32. The highest BCUT2D eigenvalue weighted by molar-refractivity contribution is 7.08. The van der Waals surface area contributed by atoms with E-state index in [4.69, 9.17) is 0 Å². The lowest BCUT2D eigenvalue weighted by Gasteiger charge is -2.09. The molecule has 0 bridgehead atoms. The van der Waals surface area contributed by atoms with E-state index in [2.05, 4.69) is 26.0 Å². The van der Waals surface area contributed by atoms with E-state index < -0.39 is 0 Å². The first-order valence-electron chi connectivity index (χ1n) is 6.31. The van der Waals surface area contributed by atoms with Crippen LogP contribution in [0, 0.1) is 6.92 Å². The minimum absolute atomic E-state index is 0.129. The minimum Gasteiger partial charge on any atom is -0.289 e. The Morgan fingerprint density at radius 1 is 1.22 bits per heavy atom. The van der Waals surface area contributed by atoms with Crippen molar-refractivity contribution in [3.05, 3.63) is 57.3 Å². The van der Waals surface area contributed by atoms with Crippen molar-refractivity contribution in [2.75, 3.05) is 0 Å². The maximum atomic E-state index is 12.3. The van der Waals surface area contributed by atoms with Gasteiger partial charge in [-0.1, -0.05) is 38.1 Å². The van der Waals surface area contributed by atoms with Gasteiger partial charge >= 0.3 is 0 Å². The highest BCUT2D eigenvalue weighted by Crippen LogP contribution is 2.22. The normalized spacial score (nSPS) is 12.4. The molecule has 2 rings (SSSR count). The quantitative estimate of drug-likeness (QED) is 0.720. The van der Waals surface area contributed by atoms with Gasteiger partial charge in [-0.15, -0.1) is 0 Å². The second-order valence-electron chi connectivity index (χ2n) is 4.73. The Bertz CT molecular complexity index is 536. The van der Waals surface area contributed by atoms with Crippen LogP contribution in [-0.4, -0.2) is 5.78 Å². The van der Waals surface area contributed by atoms with Crippen LogP contribution in [0.5, 0.6) is 0 Å². The van der Waals surface area contributed by atoms with E-state index in [0.717, 1.165) is 23.1 Å². The van der Waals surface area contributed by atoms with Crippen molar-refractivity contribution in [1.82, 2.24) is 0 Å².